The van der Waals surface area contributed by atoms with E-state index in [4.69, 9.17) is 22.8 Å². The quantitative estimate of drug-likeness (QED) is 0.166. The van der Waals surface area contributed by atoms with E-state index in [0.29, 0.717) is 4.31 Å². The zero-order valence-electron chi connectivity index (χ0n) is 29.1. The molecule has 0 bridgehead atoms. The predicted octanol–water partition coefficient (Wildman–Crippen LogP) is -0.638. The van der Waals surface area contributed by atoms with Crippen LogP contribution in [0.3, 0.4) is 0 Å². The number of anilines is 1. The van der Waals surface area contributed by atoms with Crippen LogP contribution in [0.1, 0.15) is 45.5 Å². The van der Waals surface area contributed by atoms with Gasteiger partial charge in [0.05, 0.1) is 23.7 Å². The first-order chi connectivity index (χ1) is 22.8. The van der Waals surface area contributed by atoms with Gasteiger partial charge in [-0.1, -0.05) is 25.9 Å². The molecule has 0 saturated carbocycles. The number of carbonyl (C=O) groups excluding carboxylic acids is 1. The van der Waals surface area contributed by atoms with Crippen molar-refractivity contribution in [2.75, 3.05) is 17.6 Å². The molecule has 0 radical (unpaired) electrons. The van der Waals surface area contributed by atoms with Crippen molar-refractivity contribution in [1.29, 1.82) is 0 Å². The van der Waals surface area contributed by atoms with Gasteiger partial charge in [0.25, 0.3) is 0 Å². The van der Waals surface area contributed by atoms with E-state index in [1.54, 1.807) is 0 Å². The van der Waals surface area contributed by atoms with Gasteiger partial charge in [-0.25, -0.2) is 36.7 Å². The van der Waals surface area contributed by atoms with Crippen LogP contribution >= 0.6 is 0 Å². The SMILES string of the molecule is [2H]C([2H])([2H])C(c1nc(N(C)S(C)(=O)=O)nc(-c2ccc(F)cc2)c1C=C[C@@H](O)C[C@@H](O)C(=O)OC1OC(C(=O)O)C(O)C(O)C1O)C([2H])([2H])[2H]. The molecule has 1 aromatic carbocycles. The normalized spacial score (nSPS) is 26.4. The van der Waals surface area contributed by atoms with Crippen molar-refractivity contribution in [3.8, 4) is 11.3 Å². The largest absolute Gasteiger partial charge is 0.479 e. The Morgan fingerprint density at radius 1 is 1.14 bits per heavy atom. The summed E-state index contributed by atoms with van der Waals surface area (Å²) in [5, 5.41) is 59.9. The number of sulfonamides is 1. The van der Waals surface area contributed by atoms with E-state index in [9.17, 15) is 47.9 Å². The lowest BCUT2D eigenvalue weighted by Gasteiger charge is -2.38. The fraction of sp³-hybridized carbons (Fsp3) is 0.481. The highest BCUT2D eigenvalue weighted by atomic mass is 32.2. The lowest BCUT2D eigenvalue weighted by Crippen LogP contribution is -2.61. The Bertz CT molecular complexity index is 1680. The average Bonchev–Trinajstić information content (AvgIpc) is 2.98. The molecule has 3 rings (SSSR count). The lowest BCUT2D eigenvalue weighted by molar-refractivity contribution is -0.288. The minimum absolute atomic E-state index is 0.0313. The van der Waals surface area contributed by atoms with Gasteiger partial charge in [-0.05, 0) is 30.2 Å². The second-order valence-corrected chi connectivity index (χ2v) is 11.7. The maximum absolute atomic E-state index is 13.8. The number of aliphatic carboxylic acids is 1. The number of ether oxygens (including phenoxy) is 2. The zero-order valence-corrected chi connectivity index (χ0v) is 23.9. The highest BCUT2D eigenvalue weighted by molar-refractivity contribution is 7.92. The second-order valence-electron chi connectivity index (χ2n) is 9.69. The number of carbonyl (C=O) groups is 2. The van der Waals surface area contributed by atoms with E-state index in [1.807, 2.05) is 0 Å². The first kappa shape index (κ1) is 26.8. The molecule has 242 valence electrons. The number of benzene rings is 1. The molecule has 0 spiro atoms. The minimum Gasteiger partial charge on any atom is -0.479 e. The van der Waals surface area contributed by atoms with E-state index in [2.05, 4.69) is 9.97 Å². The van der Waals surface area contributed by atoms with E-state index in [-0.39, 0.29) is 16.8 Å². The number of nitrogens with zero attached hydrogens (tertiary/aromatic N) is 3. The highest BCUT2D eigenvalue weighted by Gasteiger charge is 2.49. The predicted molar refractivity (Wildman–Crippen MR) is 151 cm³/mol. The Balaban J connectivity index is 2.06. The Hall–Kier alpha value is -3.58. The molecule has 7 atom stereocenters. The molecule has 0 aliphatic carbocycles. The summed E-state index contributed by atoms with van der Waals surface area (Å²) in [4.78, 5) is 32.0. The first-order valence-electron chi connectivity index (χ1n) is 15.6. The van der Waals surface area contributed by atoms with Gasteiger partial charge in [0.1, 0.15) is 24.1 Å². The van der Waals surface area contributed by atoms with Crippen molar-refractivity contribution in [2.24, 2.45) is 0 Å². The third-order valence-electron chi connectivity index (χ3n) is 6.40. The molecule has 1 aliphatic rings. The number of aliphatic hydroxyl groups excluding tert-OH is 5. The van der Waals surface area contributed by atoms with Crippen LogP contribution in [0.4, 0.5) is 10.3 Å². The van der Waals surface area contributed by atoms with Crippen molar-refractivity contribution < 1.29 is 70.7 Å². The Labute approximate surface area is 260 Å². The van der Waals surface area contributed by atoms with Crippen molar-refractivity contribution >= 4 is 34.0 Å². The van der Waals surface area contributed by atoms with Crippen LogP contribution in [-0.2, 0) is 29.1 Å². The smallest absolute Gasteiger partial charge is 0.337 e. The van der Waals surface area contributed by atoms with Crippen molar-refractivity contribution in [1.82, 2.24) is 9.97 Å². The molecule has 6 N–H and O–H groups in total. The maximum Gasteiger partial charge on any atom is 0.337 e. The number of carboxylic acid groups (broad SMARTS) is 1. The van der Waals surface area contributed by atoms with E-state index >= 15 is 0 Å². The van der Waals surface area contributed by atoms with Gasteiger partial charge < -0.3 is 40.1 Å². The number of hydrogen-bond donors (Lipinski definition) is 6. The van der Waals surface area contributed by atoms with Crippen LogP contribution in [0.5, 0.6) is 0 Å². The molecule has 15 nitrogen and oxygen atoms in total. The molecule has 1 saturated heterocycles. The summed E-state index contributed by atoms with van der Waals surface area (Å²) in [6.07, 6.45) is -13.0. The summed E-state index contributed by atoms with van der Waals surface area (Å²) in [5.74, 6) is -7.08. The van der Waals surface area contributed by atoms with Crippen LogP contribution in [0, 0.1) is 5.82 Å². The number of aromatic nitrogens is 2. The Morgan fingerprint density at radius 3 is 2.34 bits per heavy atom. The monoisotopic (exact) mass is 649 g/mol. The molecule has 1 aliphatic heterocycles. The Morgan fingerprint density at radius 2 is 1.77 bits per heavy atom. The number of carboxylic acids is 1. The number of hydrogen-bond acceptors (Lipinski definition) is 13. The minimum atomic E-state index is -4.11. The van der Waals surface area contributed by atoms with Gasteiger partial charge >= 0.3 is 11.9 Å². The van der Waals surface area contributed by atoms with Crippen LogP contribution in [0.25, 0.3) is 17.3 Å². The highest BCUT2D eigenvalue weighted by Crippen LogP contribution is 2.32. The number of aliphatic hydroxyl groups is 5. The van der Waals surface area contributed by atoms with Gasteiger partial charge in [-0.3, -0.25) is 0 Å². The second kappa shape index (κ2) is 14.0. The van der Waals surface area contributed by atoms with Crippen molar-refractivity contribution in [3.63, 3.8) is 0 Å². The molecule has 0 amide bonds. The molecule has 1 fully saturated rings. The van der Waals surface area contributed by atoms with Gasteiger partial charge in [0.2, 0.25) is 22.3 Å². The standard InChI is InChI=1S/C27H34FN3O12S/c1-12(2)18-16(19(13-5-7-14(28)8-6-13)30-27(29-18)31(3)44(4,40)41)10-9-15(32)11-17(33)25(39)43-26-22(36)20(34)21(35)23(42-26)24(37)38/h5-10,12,15,17,20-23,26,32-36H,11H2,1-4H3,(H,37,38)/t15-,17-,20?,21?,22?,23?,26?/m1/s1/i1D3,2D3. The lowest BCUT2D eigenvalue weighted by atomic mass is 9.97. The number of halogens is 1. The third-order valence-corrected chi connectivity index (χ3v) is 7.56. The zero-order chi connectivity index (χ0) is 38.1. The summed E-state index contributed by atoms with van der Waals surface area (Å²) < 4.78 is 96.7. The van der Waals surface area contributed by atoms with Crippen LogP contribution in [0.15, 0.2) is 30.3 Å². The van der Waals surface area contributed by atoms with E-state index in [0.717, 1.165) is 37.6 Å². The van der Waals surface area contributed by atoms with Crippen LogP contribution in [0.2, 0.25) is 0 Å². The topological polar surface area (TPSA) is 237 Å². The average molecular weight is 650 g/mol. The Kier molecular flexibility index (Phi) is 8.54. The molecule has 5 unspecified atom stereocenters. The summed E-state index contributed by atoms with van der Waals surface area (Å²) in [5.41, 5.74) is -1.35. The van der Waals surface area contributed by atoms with Crippen molar-refractivity contribution in [3.05, 3.63) is 47.4 Å². The maximum atomic E-state index is 13.8. The molecular weight excluding hydrogens is 609 g/mol. The van der Waals surface area contributed by atoms with Gasteiger partial charge in [-0.15, -0.1) is 0 Å². The van der Waals surface area contributed by atoms with E-state index < -0.39 is 108 Å². The fourth-order valence-electron chi connectivity index (χ4n) is 3.93. The molecule has 1 aromatic heterocycles. The third kappa shape index (κ3) is 8.12. The molecule has 44 heavy (non-hydrogen) atoms. The summed E-state index contributed by atoms with van der Waals surface area (Å²) >= 11 is 0. The van der Waals surface area contributed by atoms with Gasteiger partial charge in [0.15, 0.2) is 12.2 Å². The number of esters is 1. The number of rotatable bonds is 11. The summed E-state index contributed by atoms with van der Waals surface area (Å²) in [7, 11) is -3.09. The fourth-order valence-corrected chi connectivity index (χ4v) is 4.31. The molecule has 2 heterocycles. The molecule has 17 heteroatoms. The van der Waals surface area contributed by atoms with Crippen LogP contribution in [-0.4, -0.2) is 117 Å². The molecular formula is C27H34FN3O12S. The molecule has 2 aromatic rings. The summed E-state index contributed by atoms with van der Waals surface area (Å²) in [6, 6.07) is 4.31. The van der Waals surface area contributed by atoms with Crippen LogP contribution < -0.4 is 4.31 Å². The van der Waals surface area contributed by atoms with Gasteiger partial charge in [0, 0.05) is 32.8 Å². The first-order valence-corrected chi connectivity index (χ1v) is 14.5. The summed E-state index contributed by atoms with van der Waals surface area (Å²) in [6.45, 7) is -6.56. The van der Waals surface area contributed by atoms with E-state index in [1.165, 1.54) is 12.1 Å². The van der Waals surface area contributed by atoms with Gasteiger partial charge in [-0.2, -0.15) is 0 Å². The van der Waals surface area contributed by atoms with Crippen molar-refractivity contribution in [2.45, 2.75) is 69.0 Å².